The molecule has 1 amide bonds. The van der Waals surface area contributed by atoms with Crippen LogP contribution in [0.4, 0.5) is 13.2 Å². The molecule has 0 radical (unpaired) electrons. The fraction of sp³-hybridized carbons (Fsp3) is 0.650. The lowest BCUT2D eigenvalue weighted by Crippen LogP contribution is -2.66. The Morgan fingerprint density at radius 1 is 1.37 bits per heavy atom. The van der Waals surface area contributed by atoms with Gasteiger partial charge in [-0.1, -0.05) is 19.9 Å². The Kier molecular flexibility index (Phi) is 8.05. The van der Waals surface area contributed by atoms with Crippen LogP contribution in [0.1, 0.15) is 33.1 Å². The zero-order valence-electron chi connectivity index (χ0n) is 17.0. The van der Waals surface area contributed by atoms with Crippen molar-refractivity contribution in [2.75, 3.05) is 26.3 Å². The van der Waals surface area contributed by atoms with Crippen molar-refractivity contribution in [3.8, 4) is 5.88 Å². The summed E-state index contributed by atoms with van der Waals surface area (Å²) in [4.78, 5) is 27.1. The van der Waals surface area contributed by atoms with Gasteiger partial charge in [0.05, 0.1) is 19.7 Å². The summed E-state index contributed by atoms with van der Waals surface area (Å²) >= 11 is 0. The summed E-state index contributed by atoms with van der Waals surface area (Å²) in [6.45, 7) is 7.08. The summed E-state index contributed by atoms with van der Waals surface area (Å²) in [6.07, 6.45) is -0.718. The third-order valence-electron chi connectivity index (χ3n) is 5.05. The number of aromatic nitrogens is 1. The second-order valence-electron chi connectivity index (χ2n) is 7.85. The number of aliphatic carboxylic acids is 1. The maximum atomic E-state index is 12.1. The molecule has 30 heavy (non-hydrogen) atoms. The number of carbonyl (C=O) groups is 2. The van der Waals surface area contributed by atoms with Crippen molar-refractivity contribution in [1.82, 2.24) is 9.88 Å². The number of carboxylic acid groups (broad SMARTS) is 1. The van der Waals surface area contributed by atoms with E-state index in [4.69, 9.17) is 19.4 Å². The van der Waals surface area contributed by atoms with Gasteiger partial charge in [0.2, 0.25) is 11.8 Å². The average Bonchev–Trinajstić information content (AvgIpc) is 3.04. The summed E-state index contributed by atoms with van der Waals surface area (Å²) in [7, 11) is 0. The van der Waals surface area contributed by atoms with Crippen molar-refractivity contribution in [3.63, 3.8) is 0 Å². The molecule has 1 atom stereocenters. The summed E-state index contributed by atoms with van der Waals surface area (Å²) in [5.41, 5.74) is -0.125. The predicted molar refractivity (Wildman–Crippen MR) is 101 cm³/mol. The van der Waals surface area contributed by atoms with Gasteiger partial charge in [0.25, 0.3) is 0 Å². The molecule has 7 nitrogen and oxygen atoms in total. The normalized spacial score (nSPS) is 19.8. The fourth-order valence-electron chi connectivity index (χ4n) is 3.53. The van der Waals surface area contributed by atoms with Gasteiger partial charge in [-0.3, -0.25) is 4.79 Å². The zero-order chi connectivity index (χ0) is 22.4. The van der Waals surface area contributed by atoms with E-state index in [2.05, 4.69) is 18.8 Å². The molecule has 1 aromatic heterocycles. The predicted octanol–water partition coefficient (Wildman–Crippen LogP) is 3.15. The first-order valence-electron chi connectivity index (χ1n) is 9.79. The van der Waals surface area contributed by atoms with Crippen LogP contribution in [-0.2, 0) is 14.3 Å². The van der Waals surface area contributed by atoms with E-state index in [1.54, 1.807) is 6.20 Å². The molecule has 1 spiro atoms. The van der Waals surface area contributed by atoms with Crippen LogP contribution in [0, 0.1) is 11.8 Å². The van der Waals surface area contributed by atoms with Crippen LogP contribution < -0.4 is 4.74 Å². The SMILES string of the molecule is CC(C)CC(=O)N1CC2(C1)OCCC2CCOc1ccccn1.O=C(O)C(F)(F)F. The average molecular weight is 432 g/mol. The molecule has 2 fully saturated rings. The molecule has 0 bridgehead atoms. The van der Waals surface area contributed by atoms with Crippen LogP contribution in [-0.4, -0.2) is 64.9 Å². The molecule has 1 aromatic rings. The molecular weight excluding hydrogens is 405 g/mol. The molecule has 1 unspecified atom stereocenters. The lowest BCUT2D eigenvalue weighted by Gasteiger charge is -2.50. The lowest BCUT2D eigenvalue weighted by atomic mass is 9.79. The van der Waals surface area contributed by atoms with Crippen LogP contribution in [0.25, 0.3) is 0 Å². The first-order chi connectivity index (χ1) is 14.0. The Morgan fingerprint density at radius 3 is 2.57 bits per heavy atom. The van der Waals surface area contributed by atoms with Crippen molar-refractivity contribution in [2.24, 2.45) is 11.8 Å². The Morgan fingerprint density at radius 2 is 2.03 bits per heavy atom. The minimum atomic E-state index is -5.08. The number of pyridine rings is 1. The number of alkyl halides is 3. The second kappa shape index (κ2) is 10.1. The van der Waals surface area contributed by atoms with Crippen molar-refractivity contribution >= 4 is 11.9 Å². The maximum absolute atomic E-state index is 12.1. The van der Waals surface area contributed by atoms with E-state index in [9.17, 15) is 18.0 Å². The molecule has 3 rings (SSSR count). The van der Waals surface area contributed by atoms with Crippen LogP contribution >= 0.6 is 0 Å². The Bertz CT molecular complexity index is 706. The number of rotatable bonds is 6. The number of halogens is 3. The molecule has 3 heterocycles. The minimum absolute atomic E-state index is 0.125. The summed E-state index contributed by atoms with van der Waals surface area (Å²) in [5, 5.41) is 7.12. The number of carbonyl (C=O) groups excluding carboxylic acids is 1. The van der Waals surface area contributed by atoms with E-state index in [1.165, 1.54) is 0 Å². The largest absolute Gasteiger partial charge is 0.490 e. The first-order valence-corrected chi connectivity index (χ1v) is 9.79. The van der Waals surface area contributed by atoms with Gasteiger partial charge < -0.3 is 19.5 Å². The van der Waals surface area contributed by atoms with Crippen LogP contribution in [0.3, 0.4) is 0 Å². The highest BCUT2D eigenvalue weighted by molar-refractivity contribution is 5.77. The number of amides is 1. The van der Waals surface area contributed by atoms with E-state index >= 15 is 0 Å². The van der Waals surface area contributed by atoms with Crippen LogP contribution in [0.2, 0.25) is 0 Å². The van der Waals surface area contributed by atoms with E-state index in [0.29, 0.717) is 30.7 Å². The summed E-state index contributed by atoms with van der Waals surface area (Å²) in [5.74, 6) is -0.958. The van der Waals surface area contributed by atoms with E-state index in [-0.39, 0.29) is 11.5 Å². The molecule has 168 valence electrons. The van der Waals surface area contributed by atoms with Crippen molar-refractivity contribution in [1.29, 1.82) is 0 Å². The highest BCUT2D eigenvalue weighted by atomic mass is 19.4. The highest BCUT2D eigenvalue weighted by Gasteiger charge is 2.54. The van der Waals surface area contributed by atoms with Gasteiger partial charge in [0.1, 0.15) is 5.60 Å². The maximum Gasteiger partial charge on any atom is 0.490 e. The van der Waals surface area contributed by atoms with Crippen LogP contribution in [0.5, 0.6) is 5.88 Å². The van der Waals surface area contributed by atoms with Gasteiger partial charge in [-0.15, -0.1) is 0 Å². The van der Waals surface area contributed by atoms with Gasteiger partial charge in [-0.05, 0) is 30.7 Å². The van der Waals surface area contributed by atoms with E-state index in [1.807, 2.05) is 23.1 Å². The third-order valence-corrected chi connectivity index (χ3v) is 5.05. The first kappa shape index (κ1) is 23.9. The van der Waals surface area contributed by atoms with Crippen LogP contribution in [0.15, 0.2) is 24.4 Å². The van der Waals surface area contributed by atoms with Gasteiger partial charge in [0.15, 0.2) is 0 Å². The van der Waals surface area contributed by atoms with Gasteiger partial charge >= 0.3 is 12.1 Å². The van der Waals surface area contributed by atoms with Gasteiger partial charge in [-0.2, -0.15) is 13.2 Å². The van der Waals surface area contributed by atoms with Gasteiger partial charge in [0, 0.05) is 25.3 Å². The molecule has 2 saturated heterocycles. The molecule has 0 saturated carbocycles. The number of hydrogen-bond acceptors (Lipinski definition) is 5. The number of likely N-dealkylation sites (tertiary alicyclic amines) is 1. The summed E-state index contributed by atoms with van der Waals surface area (Å²) < 4.78 is 43.5. The topological polar surface area (TPSA) is 89.0 Å². The summed E-state index contributed by atoms with van der Waals surface area (Å²) in [6, 6.07) is 5.67. The standard InChI is InChI=1S/C18H26N2O3.C2HF3O2/c1-14(2)11-17(21)20-12-18(13-20)15(7-10-23-18)6-9-22-16-5-3-4-8-19-16;3-2(4,5)1(6)7/h3-5,8,14-15H,6-7,9-13H2,1-2H3;(H,6,7). The van der Waals surface area contributed by atoms with Gasteiger partial charge in [-0.25, -0.2) is 9.78 Å². The number of nitrogens with zero attached hydrogens (tertiary/aromatic N) is 2. The van der Waals surface area contributed by atoms with E-state index in [0.717, 1.165) is 32.5 Å². The molecule has 1 N–H and O–H groups in total. The Labute approximate surface area is 173 Å². The zero-order valence-corrected chi connectivity index (χ0v) is 17.0. The number of hydrogen-bond donors (Lipinski definition) is 1. The third kappa shape index (κ3) is 6.58. The van der Waals surface area contributed by atoms with Crippen molar-refractivity contribution < 1.29 is 37.3 Å². The van der Waals surface area contributed by atoms with E-state index < -0.39 is 12.1 Å². The molecule has 0 aliphatic carbocycles. The molecule has 2 aliphatic heterocycles. The Balaban J connectivity index is 0.000000396. The van der Waals surface area contributed by atoms with Crippen molar-refractivity contribution in [2.45, 2.75) is 44.9 Å². The monoisotopic (exact) mass is 432 g/mol. The quantitative estimate of drug-likeness (QED) is 0.743. The minimum Gasteiger partial charge on any atom is -0.478 e. The lowest BCUT2D eigenvalue weighted by molar-refractivity contribution is -0.192. The fourth-order valence-corrected chi connectivity index (χ4v) is 3.53. The molecule has 0 aromatic carbocycles. The second-order valence-corrected chi connectivity index (χ2v) is 7.85. The number of ether oxygens (including phenoxy) is 2. The molecule has 2 aliphatic rings. The smallest absolute Gasteiger partial charge is 0.478 e. The van der Waals surface area contributed by atoms with Crippen molar-refractivity contribution in [3.05, 3.63) is 24.4 Å². The molecule has 10 heteroatoms. The Hall–Kier alpha value is -2.36. The number of carboxylic acids is 1. The highest BCUT2D eigenvalue weighted by Crippen LogP contribution is 2.42. The molecular formula is C20H27F3N2O5.